The van der Waals surface area contributed by atoms with Gasteiger partial charge < -0.3 is 9.26 Å². The molecular formula is C10H13O5P. The lowest BCUT2D eigenvalue weighted by Crippen LogP contribution is -2.29. The van der Waals surface area contributed by atoms with Crippen molar-refractivity contribution in [3.8, 4) is 5.75 Å². The highest BCUT2D eigenvalue weighted by Gasteiger charge is 2.35. The van der Waals surface area contributed by atoms with Crippen molar-refractivity contribution >= 4 is 7.82 Å². The van der Waals surface area contributed by atoms with Crippen molar-refractivity contribution in [3.63, 3.8) is 0 Å². The zero-order valence-electron chi connectivity index (χ0n) is 8.87. The maximum atomic E-state index is 11.9. The number of methoxy groups -OCH3 is 1. The van der Waals surface area contributed by atoms with E-state index >= 15 is 0 Å². The number of phosphoric acid groups is 1. The van der Waals surface area contributed by atoms with Crippen LogP contribution in [-0.2, 0) is 18.3 Å². The number of ether oxygens (including phenoxy) is 1. The summed E-state index contributed by atoms with van der Waals surface area (Å²) in [5.74, 6) is 0.460. The molecule has 0 radical (unpaired) electrons. The first kappa shape index (κ1) is 11.6. The Hall–Kier alpha value is -0.870. The summed E-state index contributed by atoms with van der Waals surface area (Å²) in [6.45, 7) is 0.418. The molecule has 6 heteroatoms. The number of hydrogen-bond acceptors (Lipinski definition) is 5. The highest BCUT2D eigenvalue weighted by molar-refractivity contribution is 7.49. The minimum absolute atomic E-state index is 0.193. The molecule has 2 rings (SSSR count). The Balaban J connectivity index is 1.98. The Labute approximate surface area is 93.9 Å². The Morgan fingerprint density at radius 2 is 1.88 bits per heavy atom. The van der Waals surface area contributed by atoms with Crippen molar-refractivity contribution < 1.29 is 22.9 Å². The molecule has 1 aliphatic heterocycles. The predicted molar refractivity (Wildman–Crippen MR) is 57.4 cm³/mol. The van der Waals surface area contributed by atoms with Crippen molar-refractivity contribution in [3.05, 3.63) is 30.3 Å². The lowest BCUT2D eigenvalue weighted by atomic mass is 10.3. The number of benzene rings is 1. The molecule has 0 aliphatic carbocycles. The van der Waals surface area contributed by atoms with Gasteiger partial charge in [-0.1, -0.05) is 18.2 Å². The maximum absolute atomic E-state index is 11.9. The Kier molecular flexibility index (Phi) is 3.61. The number of phosphoric ester groups is 1. The van der Waals surface area contributed by atoms with Crippen molar-refractivity contribution in [1.29, 1.82) is 0 Å². The number of para-hydroxylation sites is 1. The second-order valence-electron chi connectivity index (χ2n) is 3.30. The van der Waals surface area contributed by atoms with Gasteiger partial charge in [0.25, 0.3) is 0 Å². The van der Waals surface area contributed by atoms with E-state index in [0.29, 0.717) is 5.75 Å². The molecule has 0 saturated carbocycles. The smallest absolute Gasteiger partial charge is 0.404 e. The fraction of sp³-hybridized carbons (Fsp3) is 0.400. The van der Waals surface area contributed by atoms with Crippen molar-refractivity contribution in [2.45, 2.75) is 6.10 Å². The van der Waals surface area contributed by atoms with E-state index in [4.69, 9.17) is 18.3 Å². The van der Waals surface area contributed by atoms with E-state index < -0.39 is 7.82 Å². The fourth-order valence-electron chi connectivity index (χ4n) is 1.23. The van der Waals surface area contributed by atoms with E-state index in [-0.39, 0.29) is 19.3 Å². The van der Waals surface area contributed by atoms with E-state index in [1.54, 1.807) is 31.4 Å². The van der Waals surface area contributed by atoms with Gasteiger partial charge in [-0.3, -0.25) is 9.05 Å². The van der Waals surface area contributed by atoms with Gasteiger partial charge >= 0.3 is 7.82 Å². The molecule has 1 fully saturated rings. The summed E-state index contributed by atoms with van der Waals surface area (Å²) in [7, 11) is -1.92. The summed E-state index contributed by atoms with van der Waals surface area (Å²) in [6, 6.07) is 8.78. The monoisotopic (exact) mass is 244 g/mol. The molecule has 0 spiro atoms. The molecule has 1 aromatic rings. The first-order valence-corrected chi connectivity index (χ1v) is 6.34. The van der Waals surface area contributed by atoms with Crippen molar-refractivity contribution in [2.75, 3.05) is 20.3 Å². The Morgan fingerprint density at radius 3 is 2.44 bits per heavy atom. The fourth-order valence-corrected chi connectivity index (χ4v) is 2.49. The molecule has 1 heterocycles. The molecule has 0 amide bonds. The quantitative estimate of drug-likeness (QED) is 0.763. The molecule has 0 unspecified atom stereocenters. The Morgan fingerprint density at radius 1 is 1.25 bits per heavy atom. The van der Waals surface area contributed by atoms with Gasteiger partial charge in [0.1, 0.15) is 11.9 Å². The van der Waals surface area contributed by atoms with Gasteiger partial charge in [0.15, 0.2) is 0 Å². The first-order chi connectivity index (χ1) is 7.72. The van der Waals surface area contributed by atoms with Gasteiger partial charge in [0, 0.05) is 7.11 Å². The van der Waals surface area contributed by atoms with Crippen LogP contribution in [0, 0.1) is 0 Å². The first-order valence-electron chi connectivity index (χ1n) is 4.88. The molecule has 88 valence electrons. The van der Waals surface area contributed by atoms with Gasteiger partial charge in [-0.2, -0.15) is 0 Å². The van der Waals surface area contributed by atoms with Crippen LogP contribution in [0.3, 0.4) is 0 Å². The second-order valence-corrected chi connectivity index (χ2v) is 4.89. The van der Waals surface area contributed by atoms with Crippen LogP contribution in [0.1, 0.15) is 0 Å². The van der Waals surface area contributed by atoms with Crippen LogP contribution in [0.15, 0.2) is 30.3 Å². The zero-order valence-corrected chi connectivity index (χ0v) is 9.76. The van der Waals surface area contributed by atoms with Crippen LogP contribution in [0.2, 0.25) is 0 Å². The molecular weight excluding hydrogens is 231 g/mol. The van der Waals surface area contributed by atoms with Crippen LogP contribution in [-0.4, -0.2) is 26.4 Å². The molecule has 16 heavy (non-hydrogen) atoms. The maximum Gasteiger partial charge on any atom is 0.530 e. The second kappa shape index (κ2) is 4.97. The molecule has 0 atom stereocenters. The summed E-state index contributed by atoms with van der Waals surface area (Å²) in [6.07, 6.45) is -0.193. The lowest BCUT2D eigenvalue weighted by Gasteiger charge is -2.27. The zero-order chi connectivity index (χ0) is 11.4. The van der Waals surface area contributed by atoms with Crippen LogP contribution >= 0.6 is 7.82 Å². The molecule has 0 bridgehead atoms. The standard InChI is InChI=1S/C10H13O5P/c1-12-10-7-13-16(11,14-8-10)15-9-5-3-2-4-6-9/h2-6,10H,7-8H2,1H3. The van der Waals surface area contributed by atoms with E-state index in [9.17, 15) is 4.57 Å². The molecule has 1 aliphatic rings. The van der Waals surface area contributed by atoms with Gasteiger partial charge in [-0.05, 0) is 12.1 Å². The predicted octanol–water partition coefficient (Wildman–Crippen LogP) is 2.24. The summed E-state index contributed by atoms with van der Waals surface area (Å²) in [5.41, 5.74) is 0. The summed E-state index contributed by atoms with van der Waals surface area (Å²) >= 11 is 0. The average Bonchev–Trinajstić information content (AvgIpc) is 2.31. The molecule has 1 aromatic carbocycles. The molecule has 1 saturated heterocycles. The summed E-state index contributed by atoms with van der Waals surface area (Å²) in [4.78, 5) is 0. The third kappa shape index (κ3) is 2.83. The highest BCUT2D eigenvalue weighted by atomic mass is 31.2. The van der Waals surface area contributed by atoms with E-state index in [2.05, 4.69) is 0 Å². The topological polar surface area (TPSA) is 54.0 Å². The summed E-state index contributed by atoms with van der Waals surface area (Å²) in [5, 5.41) is 0. The lowest BCUT2D eigenvalue weighted by molar-refractivity contribution is -0.0261. The van der Waals surface area contributed by atoms with Crippen LogP contribution in [0.25, 0.3) is 0 Å². The minimum atomic E-state index is -3.47. The van der Waals surface area contributed by atoms with Gasteiger partial charge in [0.2, 0.25) is 0 Å². The van der Waals surface area contributed by atoms with Gasteiger partial charge in [-0.25, -0.2) is 4.57 Å². The summed E-state index contributed by atoms with van der Waals surface area (Å²) < 4.78 is 32.3. The van der Waals surface area contributed by atoms with Crippen molar-refractivity contribution in [2.24, 2.45) is 0 Å². The SMILES string of the molecule is COC1COP(=O)(Oc2ccccc2)OC1. The van der Waals surface area contributed by atoms with E-state index in [1.807, 2.05) is 6.07 Å². The highest BCUT2D eigenvalue weighted by Crippen LogP contribution is 2.51. The number of rotatable bonds is 3. The van der Waals surface area contributed by atoms with Crippen LogP contribution in [0.4, 0.5) is 0 Å². The average molecular weight is 244 g/mol. The van der Waals surface area contributed by atoms with Crippen LogP contribution < -0.4 is 4.52 Å². The van der Waals surface area contributed by atoms with Gasteiger partial charge in [0.05, 0.1) is 13.2 Å². The minimum Gasteiger partial charge on any atom is -0.404 e. The third-order valence-electron chi connectivity index (χ3n) is 2.13. The Bertz CT molecular complexity index is 368. The van der Waals surface area contributed by atoms with E-state index in [0.717, 1.165) is 0 Å². The normalized spacial score (nSPS) is 29.9. The number of hydrogen-bond donors (Lipinski definition) is 0. The van der Waals surface area contributed by atoms with Crippen molar-refractivity contribution in [1.82, 2.24) is 0 Å². The third-order valence-corrected chi connectivity index (χ3v) is 3.50. The molecule has 0 aromatic heterocycles. The molecule has 5 nitrogen and oxygen atoms in total. The molecule has 0 N–H and O–H groups in total. The van der Waals surface area contributed by atoms with Crippen LogP contribution in [0.5, 0.6) is 5.75 Å². The van der Waals surface area contributed by atoms with E-state index in [1.165, 1.54) is 0 Å². The van der Waals surface area contributed by atoms with Gasteiger partial charge in [-0.15, -0.1) is 0 Å². The largest absolute Gasteiger partial charge is 0.530 e.